The molecule has 0 saturated heterocycles. The van der Waals surface area contributed by atoms with Crippen molar-refractivity contribution in [1.82, 2.24) is 5.43 Å². The zero-order valence-corrected chi connectivity index (χ0v) is 20.0. The molecule has 0 spiro atoms. The Balaban J connectivity index is -0.0000000904. The topological polar surface area (TPSA) is 171 Å². The maximum Gasteiger partial charge on any atom is 0.521 e. The molecule has 0 saturated carbocycles. The van der Waals surface area contributed by atoms with E-state index in [1.54, 1.807) is 0 Å². The van der Waals surface area contributed by atoms with Crippen LogP contribution >= 0.6 is 8.25 Å². The van der Waals surface area contributed by atoms with E-state index in [4.69, 9.17) is 25.7 Å². The van der Waals surface area contributed by atoms with E-state index in [1.807, 2.05) is 13.8 Å². The van der Waals surface area contributed by atoms with Crippen molar-refractivity contribution in [3.05, 3.63) is 0 Å². The van der Waals surface area contributed by atoms with Gasteiger partial charge in [0.2, 0.25) is 0 Å². The summed E-state index contributed by atoms with van der Waals surface area (Å²) in [6, 6.07) is 0. The second-order valence-electron chi connectivity index (χ2n) is 7.06. The van der Waals surface area contributed by atoms with Crippen LogP contribution in [0.2, 0.25) is 0 Å². The molecule has 0 aromatic rings. The fourth-order valence-corrected chi connectivity index (χ4v) is 1.46. The van der Waals surface area contributed by atoms with Gasteiger partial charge in [0, 0.05) is 19.3 Å². The zero-order chi connectivity index (χ0) is 23.2. The van der Waals surface area contributed by atoms with E-state index in [1.165, 1.54) is 0 Å². The molecular formula is C16H43N2O8PS. The predicted octanol–water partition coefficient (Wildman–Crippen LogP) is 2.27. The van der Waals surface area contributed by atoms with Crippen LogP contribution in [0.4, 0.5) is 0 Å². The van der Waals surface area contributed by atoms with Crippen LogP contribution in [-0.4, -0.2) is 44.8 Å². The van der Waals surface area contributed by atoms with Crippen LogP contribution in [0.25, 0.3) is 0 Å². The van der Waals surface area contributed by atoms with Crippen molar-refractivity contribution >= 4 is 18.4 Å². The lowest BCUT2D eigenvalue weighted by Crippen LogP contribution is -2.23. The van der Waals surface area contributed by atoms with Crippen LogP contribution in [0.3, 0.4) is 0 Å². The van der Waals surface area contributed by atoms with Crippen LogP contribution in [0, 0.1) is 17.8 Å². The molecule has 0 aromatic carbocycles. The molecule has 10 nitrogen and oxygen atoms in total. The highest BCUT2D eigenvalue weighted by atomic mass is 32.2. The van der Waals surface area contributed by atoms with Crippen molar-refractivity contribution in [2.75, 3.05) is 26.0 Å². The maximum absolute atomic E-state index is 10.4. The van der Waals surface area contributed by atoms with Crippen molar-refractivity contribution < 1.29 is 38.5 Å². The third-order valence-corrected chi connectivity index (χ3v) is 3.36. The fraction of sp³-hybridized carbons (Fsp3) is 1.00. The Morgan fingerprint density at radius 2 is 1.46 bits per heavy atom. The molecule has 12 heteroatoms. The number of nitrogens with two attached hydrogens (primary N) is 1. The third kappa shape index (κ3) is 63.6. The summed E-state index contributed by atoms with van der Waals surface area (Å²) < 4.78 is 36.9. The van der Waals surface area contributed by atoms with Gasteiger partial charge in [0.25, 0.3) is 10.1 Å². The second kappa shape index (κ2) is 24.8. The smallest absolute Gasteiger partial charge is 0.521 e. The van der Waals surface area contributed by atoms with Gasteiger partial charge in [0.05, 0.1) is 12.9 Å². The van der Waals surface area contributed by atoms with Gasteiger partial charge in [-0.3, -0.25) is 15.5 Å². The third-order valence-electron chi connectivity index (χ3n) is 2.63. The lowest BCUT2D eigenvalue weighted by atomic mass is 10.1. The molecule has 0 heterocycles. The summed E-state index contributed by atoms with van der Waals surface area (Å²) in [6.45, 7) is 14.1. The van der Waals surface area contributed by atoms with E-state index in [-0.39, 0.29) is 1.43 Å². The molecule has 176 valence electrons. The molecule has 0 aromatic heterocycles. The van der Waals surface area contributed by atoms with E-state index in [9.17, 15) is 8.42 Å². The Morgan fingerprint density at radius 3 is 1.61 bits per heavy atom. The standard InChI is InChI=1S/C6H14O3S.C5H14N2.C5H12O.HO4P.H2/c1-6(2)4-5-9-10(3,7)8;1-5(2)3-4-7-6;1-5(2)3-4-6;1-4-5(2)3;/h6H,4-5H2,1-3H3;5,7H,3-4,6H2,1-2H3;5-6H,3-4H2,1-2H3;1H;1H. The number of aliphatic hydroxyl groups excluding tert-OH is 1. The van der Waals surface area contributed by atoms with Crippen LogP contribution < -0.4 is 16.2 Å². The van der Waals surface area contributed by atoms with Gasteiger partial charge in [0.15, 0.2) is 0 Å². The van der Waals surface area contributed by atoms with Gasteiger partial charge in [-0.1, -0.05) is 41.5 Å². The largest absolute Gasteiger partial charge is 0.565 e. The Bertz CT molecular complexity index is 427. The van der Waals surface area contributed by atoms with Gasteiger partial charge >= 0.3 is 8.25 Å². The summed E-state index contributed by atoms with van der Waals surface area (Å²) in [4.78, 5) is 8.93. The normalized spacial score (nSPS) is 11.1. The fourth-order valence-electron chi connectivity index (χ4n) is 1.07. The minimum Gasteiger partial charge on any atom is -0.565 e. The van der Waals surface area contributed by atoms with Crippen LogP contribution in [0.5, 0.6) is 0 Å². The predicted molar refractivity (Wildman–Crippen MR) is 112 cm³/mol. The van der Waals surface area contributed by atoms with Gasteiger partial charge in [-0.05, 0) is 41.6 Å². The molecule has 5 N–H and O–H groups in total. The summed E-state index contributed by atoms with van der Waals surface area (Å²) in [5.41, 5.74) is 2.60. The maximum atomic E-state index is 10.4. The minimum atomic E-state index is -3.22. The van der Waals surface area contributed by atoms with Gasteiger partial charge in [0.1, 0.15) is 0 Å². The highest BCUT2D eigenvalue weighted by Crippen LogP contribution is 2.02. The summed E-state index contributed by atoms with van der Waals surface area (Å²) in [7, 11) is -6.26. The van der Waals surface area contributed by atoms with Crippen LogP contribution in [0.15, 0.2) is 0 Å². The van der Waals surface area contributed by atoms with Gasteiger partial charge in [-0.25, -0.2) is 5.26 Å². The lowest BCUT2D eigenvalue weighted by Gasteiger charge is -2.02. The first-order chi connectivity index (χ1) is 12.7. The second-order valence-corrected chi connectivity index (χ2v) is 9.31. The van der Waals surface area contributed by atoms with Crippen LogP contribution in [0.1, 0.15) is 62.2 Å². The number of hydrazine groups is 1. The first kappa shape index (κ1) is 35.2. The summed E-state index contributed by atoms with van der Waals surface area (Å²) in [5, 5.41) is 15.3. The van der Waals surface area contributed by atoms with E-state index in [0.29, 0.717) is 25.0 Å². The van der Waals surface area contributed by atoms with Crippen molar-refractivity contribution in [3.8, 4) is 0 Å². The number of aliphatic hydroxyl groups is 1. The molecule has 0 aliphatic carbocycles. The molecule has 28 heavy (non-hydrogen) atoms. The van der Waals surface area contributed by atoms with Crippen molar-refractivity contribution in [2.24, 2.45) is 23.6 Å². The summed E-state index contributed by atoms with van der Waals surface area (Å²) in [5.74, 6) is 6.92. The Hall–Kier alpha value is -0.230. The monoisotopic (exact) mass is 454 g/mol. The molecule has 0 fully saturated rings. The minimum absolute atomic E-state index is 0. The van der Waals surface area contributed by atoms with Crippen molar-refractivity contribution in [3.63, 3.8) is 0 Å². The molecular weight excluding hydrogens is 411 g/mol. The van der Waals surface area contributed by atoms with Crippen molar-refractivity contribution in [1.29, 1.82) is 0 Å². The van der Waals surface area contributed by atoms with E-state index >= 15 is 0 Å². The number of hydrogen-bond donors (Lipinski definition) is 4. The summed E-state index contributed by atoms with van der Waals surface area (Å²) >= 11 is 0. The lowest BCUT2D eigenvalue weighted by molar-refractivity contribution is -0.244. The number of nitrogens with one attached hydrogen (secondary N) is 1. The molecule has 0 radical (unpaired) electrons. The molecule has 1 unspecified atom stereocenters. The first-order valence-electron chi connectivity index (χ1n) is 9.07. The van der Waals surface area contributed by atoms with E-state index in [2.05, 4.69) is 42.0 Å². The van der Waals surface area contributed by atoms with Crippen LogP contribution in [-0.2, 0) is 23.5 Å². The van der Waals surface area contributed by atoms with Gasteiger partial charge < -0.3 is 10.00 Å². The Labute approximate surface area is 173 Å². The molecule has 0 aliphatic rings. The van der Waals surface area contributed by atoms with Gasteiger partial charge in [-0.15, -0.1) is 0 Å². The molecule has 0 bridgehead atoms. The molecule has 0 rings (SSSR count). The number of hydrogen-bond acceptors (Lipinski definition) is 10. The summed E-state index contributed by atoms with van der Waals surface area (Å²) in [6.07, 6.45) is 3.94. The quantitative estimate of drug-likeness (QED) is 0.126. The highest BCUT2D eigenvalue weighted by Gasteiger charge is 2.01. The van der Waals surface area contributed by atoms with E-state index in [0.717, 1.165) is 38.0 Å². The van der Waals surface area contributed by atoms with Gasteiger partial charge in [-0.2, -0.15) is 8.42 Å². The molecule has 1 atom stereocenters. The molecule has 0 aliphatic heterocycles. The number of rotatable bonds is 10. The average Bonchev–Trinajstić information content (AvgIpc) is 2.52. The SMILES string of the molecule is CC(C)CCNN.CC(C)CCO.CC(C)CCOS(C)(=O)=O.O=[P+]([O-])OO.[HH]. The van der Waals surface area contributed by atoms with Crippen molar-refractivity contribution in [2.45, 2.75) is 60.8 Å². The molecule has 0 amide bonds. The highest BCUT2D eigenvalue weighted by molar-refractivity contribution is 7.85. The van der Waals surface area contributed by atoms with E-state index < -0.39 is 18.4 Å². The first-order valence-corrected chi connectivity index (χ1v) is 12.0. The average molecular weight is 455 g/mol. The Kier molecular flexibility index (Phi) is 31.2. The zero-order valence-electron chi connectivity index (χ0n) is 18.3. The Morgan fingerprint density at radius 1 is 1.07 bits per heavy atom.